The topological polar surface area (TPSA) is 69.4 Å². The number of carbonyl (C=O) groups is 1. The first-order valence-corrected chi connectivity index (χ1v) is 7.47. The van der Waals surface area contributed by atoms with Crippen LogP contribution >= 0.6 is 0 Å². The van der Waals surface area contributed by atoms with Gasteiger partial charge in [-0.25, -0.2) is 8.78 Å². The highest BCUT2D eigenvalue weighted by molar-refractivity contribution is 6.09. The van der Waals surface area contributed by atoms with E-state index in [0.717, 1.165) is 18.2 Å². The Hall–Kier alpha value is -3.61. The quantitative estimate of drug-likeness (QED) is 0.371. The fourth-order valence-corrected chi connectivity index (χ4v) is 2.32. The van der Waals surface area contributed by atoms with E-state index in [2.05, 4.69) is 0 Å². The third-order valence-corrected chi connectivity index (χ3v) is 3.57. The van der Waals surface area contributed by atoms with Gasteiger partial charge in [0.1, 0.15) is 5.82 Å². The van der Waals surface area contributed by atoms with E-state index in [4.69, 9.17) is 4.74 Å². The average molecular weight is 355 g/mol. The molecule has 0 amide bonds. The van der Waals surface area contributed by atoms with Crippen molar-refractivity contribution in [2.75, 3.05) is 0 Å². The number of benzene rings is 3. The van der Waals surface area contributed by atoms with Crippen molar-refractivity contribution >= 4 is 11.5 Å². The van der Waals surface area contributed by atoms with Crippen LogP contribution in [-0.4, -0.2) is 10.7 Å². The largest absolute Gasteiger partial charge is 0.447 e. The number of nitrogens with zero attached hydrogens (tertiary/aromatic N) is 1. The second kappa shape index (κ2) is 7.10. The molecule has 0 N–H and O–H groups in total. The van der Waals surface area contributed by atoms with Gasteiger partial charge in [0.15, 0.2) is 17.3 Å². The van der Waals surface area contributed by atoms with Gasteiger partial charge in [-0.05, 0) is 24.3 Å². The van der Waals surface area contributed by atoms with Crippen LogP contribution in [0.4, 0.5) is 14.5 Å². The number of ketones is 1. The van der Waals surface area contributed by atoms with Crippen LogP contribution in [0, 0.1) is 21.7 Å². The first kappa shape index (κ1) is 17.2. The fourth-order valence-electron chi connectivity index (χ4n) is 2.32. The predicted molar refractivity (Wildman–Crippen MR) is 89.4 cm³/mol. The zero-order chi connectivity index (χ0) is 18.7. The maximum absolute atomic E-state index is 13.7. The molecule has 0 aromatic heterocycles. The van der Waals surface area contributed by atoms with Crippen LogP contribution in [0.25, 0.3) is 0 Å². The highest BCUT2D eigenvalue weighted by Gasteiger charge is 2.21. The predicted octanol–water partition coefficient (Wildman–Crippen LogP) is 4.90. The molecule has 7 heteroatoms. The van der Waals surface area contributed by atoms with Gasteiger partial charge in [-0.3, -0.25) is 14.9 Å². The fraction of sp³-hybridized carbons (Fsp3) is 0. The molecule has 0 bridgehead atoms. The van der Waals surface area contributed by atoms with Gasteiger partial charge in [0.25, 0.3) is 0 Å². The highest BCUT2D eigenvalue weighted by atomic mass is 19.1. The number of ether oxygens (including phenoxy) is 1. The molecule has 0 fully saturated rings. The van der Waals surface area contributed by atoms with E-state index >= 15 is 0 Å². The lowest BCUT2D eigenvalue weighted by molar-refractivity contribution is -0.385. The highest BCUT2D eigenvalue weighted by Crippen LogP contribution is 2.34. The number of hydrogen-bond acceptors (Lipinski definition) is 4. The van der Waals surface area contributed by atoms with E-state index in [9.17, 15) is 23.7 Å². The van der Waals surface area contributed by atoms with Gasteiger partial charge in [0, 0.05) is 23.3 Å². The molecule has 0 atom stereocenters. The molecule has 130 valence electrons. The van der Waals surface area contributed by atoms with Gasteiger partial charge >= 0.3 is 5.69 Å². The maximum atomic E-state index is 13.7. The minimum absolute atomic E-state index is 0.0924. The molecule has 3 rings (SSSR count). The molecule has 26 heavy (non-hydrogen) atoms. The van der Waals surface area contributed by atoms with E-state index in [1.54, 1.807) is 30.3 Å². The first-order valence-electron chi connectivity index (χ1n) is 7.47. The maximum Gasteiger partial charge on any atom is 0.312 e. The molecule has 0 aliphatic rings. The van der Waals surface area contributed by atoms with Gasteiger partial charge in [0.2, 0.25) is 5.75 Å². The second-order valence-corrected chi connectivity index (χ2v) is 5.31. The molecular formula is C19H11F2NO4. The summed E-state index contributed by atoms with van der Waals surface area (Å²) in [5.41, 5.74) is -0.0367. The van der Waals surface area contributed by atoms with Crippen molar-refractivity contribution in [2.24, 2.45) is 0 Å². The molecule has 3 aromatic carbocycles. The van der Waals surface area contributed by atoms with Crippen LogP contribution < -0.4 is 4.74 Å². The lowest BCUT2D eigenvalue weighted by atomic mass is 10.0. The molecule has 0 aliphatic carbocycles. The standard InChI is InChI=1S/C19H11F2NO4/c20-14-7-9-17(15(21)11-14)26-18-8-6-13(10-16(18)22(24)25)19(23)12-4-2-1-3-5-12/h1-11H. The smallest absolute Gasteiger partial charge is 0.312 e. The summed E-state index contributed by atoms with van der Waals surface area (Å²) in [5, 5.41) is 11.3. The van der Waals surface area contributed by atoms with Gasteiger partial charge in [-0.2, -0.15) is 0 Å². The molecule has 0 radical (unpaired) electrons. The van der Waals surface area contributed by atoms with E-state index < -0.39 is 28.0 Å². The molecule has 5 nitrogen and oxygen atoms in total. The van der Waals surface area contributed by atoms with Crippen molar-refractivity contribution in [3.05, 3.63) is 99.6 Å². The van der Waals surface area contributed by atoms with Crippen LogP contribution in [0.2, 0.25) is 0 Å². The van der Waals surface area contributed by atoms with E-state index in [1.807, 2.05) is 0 Å². The summed E-state index contributed by atoms with van der Waals surface area (Å²) < 4.78 is 31.9. The van der Waals surface area contributed by atoms with Crippen LogP contribution in [0.1, 0.15) is 15.9 Å². The summed E-state index contributed by atoms with van der Waals surface area (Å²) in [6.07, 6.45) is 0. The van der Waals surface area contributed by atoms with Crippen molar-refractivity contribution in [1.29, 1.82) is 0 Å². The lowest BCUT2D eigenvalue weighted by Gasteiger charge is -2.09. The van der Waals surface area contributed by atoms with Crippen molar-refractivity contribution in [1.82, 2.24) is 0 Å². The van der Waals surface area contributed by atoms with Crippen molar-refractivity contribution < 1.29 is 23.2 Å². The van der Waals surface area contributed by atoms with Crippen molar-refractivity contribution in [3.63, 3.8) is 0 Å². The van der Waals surface area contributed by atoms with Crippen molar-refractivity contribution in [3.8, 4) is 11.5 Å². The number of nitro groups is 1. The zero-order valence-corrected chi connectivity index (χ0v) is 13.2. The Morgan fingerprint density at radius 2 is 1.58 bits per heavy atom. The molecule has 0 spiro atoms. The lowest BCUT2D eigenvalue weighted by Crippen LogP contribution is -2.03. The van der Waals surface area contributed by atoms with Crippen LogP contribution in [0.3, 0.4) is 0 Å². The van der Waals surface area contributed by atoms with Gasteiger partial charge in [-0.15, -0.1) is 0 Å². The van der Waals surface area contributed by atoms with Crippen LogP contribution in [0.5, 0.6) is 11.5 Å². The van der Waals surface area contributed by atoms with E-state index in [1.165, 1.54) is 12.1 Å². The molecule has 0 aliphatic heterocycles. The number of rotatable bonds is 5. The minimum Gasteiger partial charge on any atom is -0.447 e. The summed E-state index contributed by atoms with van der Waals surface area (Å²) in [6, 6.07) is 14.5. The molecule has 3 aromatic rings. The zero-order valence-electron chi connectivity index (χ0n) is 13.2. The monoisotopic (exact) mass is 355 g/mol. The van der Waals surface area contributed by atoms with Crippen LogP contribution in [-0.2, 0) is 0 Å². The molecule has 0 heterocycles. The van der Waals surface area contributed by atoms with E-state index in [0.29, 0.717) is 11.6 Å². The van der Waals surface area contributed by atoms with Crippen molar-refractivity contribution in [2.45, 2.75) is 0 Å². The SMILES string of the molecule is O=C(c1ccccc1)c1ccc(Oc2ccc(F)cc2F)c([N+](=O)[O-])c1. The summed E-state index contributed by atoms with van der Waals surface area (Å²) in [4.78, 5) is 23.0. The average Bonchev–Trinajstić information content (AvgIpc) is 2.64. The first-order chi connectivity index (χ1) is 12.5. The third-order valence-electron chi connectivity index (χ3n) is 3.57. The number of carbonyl (C=O) groups excluding carboxylic acids is 1. The second-order valence-electron chi connectivity index (χ2n) is 5.31. The summed E-state index contributed by atoms with van der Waals surface area (Å²) in [7, 11) is 0. The number of hydrogen-bond donors (Lipinski definition) is 0. The Kier molecular flexibility index (Phi) is 4.70. The summed E-state index contributed by atoms with van der Waals surface area (Å²) in [5.74, 6) is -2.81. The minimum atomic E-state index is -0.997. The third kappa shape index (κ3) is 3.56. The molecule has 0 unspecified atom stereocenters. The van der Waals surface area contributed by atoms with Gasteiger partial charge in [-0.1, -0.05) is 30.3 Å². The Morgan fingerprint density at radius 3 is 2.23 bits per heavy atom. The van der Waals surface area contributed by atoms with Gasteiger partial charge < -0.3 is 4.74 Å². The summed E-state index contributed by atoms with van der Waals surface area (Å²) in [6.45, 7) is 0. The Bertz CT molecular complexity index is 990. The number of nitro benzene ring substituents is 1. The normalized spacial score (nSPS) is 10.4. The van der Waals surface area contributed by atoms with E-state index in [-0.39, 0.29) is 17.1 Å². The Labute approximate surface area is 146 Å². The van der Waals surface area contributed by atoms with Crippen LogP contribution in [0.15, 0.2) is 66.7 Å². The molecule has 0 saturated heterocycles. The summed E-state index contributed by atoms with van der Waals surface area (Å²) >= 11 is 0. The van der Waals surface area contributed by atoms with Gasteiger partial charge in [0.05, 0.1) is 4.92 Å². The number of halogens is 2. The molecule has 0 saturated carbocycles. The molecular weight excluding hydrogens is 344 g/mol. The Morgan fingerprint density at radius 1 is 0.885 bits per heavy atom. The Balaban J connectivity index is 1.97.